The van der Waals surface area contributed by atoms with Crippen molar-refractivity contribution in [1.82, 2.24) is 15.4 Å². The van der Waals surface area contributed by atoms with Gasteiger partial charge in [-0.3, -0.25) is 4.55 Å². The minimum absolute atomic E-state index is 0.0348. The summed E-state index contributed by atoms with van der Waals surface area (Å²) in [5.74, 6) is -0.733. The Labute approximate surface area is 126 Å². The van der Waals surface area contributed by atoms with Crippen molar-refractivity contribution < 1.29 is 27.2 Å². The molecule has 2 N–H and O–H groups in total. The molecule has 118 valence electrons. The Hall–Kier alpha value is -2.46. The molecule has 2 aromatic rings. The van der Waals surface area contributed by atoms with Gasteiger partial charge in [0.15, 0.2) is 5.69 Å². The van der Waals surface area contributed by atoms with Gasteiger partial charge in [-0.2, -0.15) is 18.7 Å². The Morgan fingerprint density at radius 2 is 2.09 bits per heavy atom. The van der Waals surface area contributed by atoms with E-state index in [9.17, 15) is 17.8 Å². The Balaban J connectivity index is 2.56. The number of methoxy groups -OCH3 is 1. The minimum Gasteiger partial charge on any atom is -0.495 e. The van der Waals surface area contributed by atoms with E-state index in [4.69, 9.17) is 9.47 Å². The molecule has 9 nitrogen and oxygen atoms in total. The van der Waals surface area contributed by atoms with Gasteiger partial charge in [0, 0.05) is 5.56 Å². The molecule has 0 atom stereocenters. The van der Waals surface area contributed by atoms with Crippen molar-refractivity contribution in [2.24, 2.45) is 0 Å². The second-order valence-electron chi connectivity index (χ2n) is 4.08. The van der Waals surface area contributed by atoms with Gasteiger partial charge in [-0.25, -0.2) is 4.79 Å². The summed E-state index contributed by atoms with van der Waals surface area (Å²) >= 11 is 0. The number of hydrogen-bond acceptors (Lipinski definition) is 7. The SMILES string of the molecule is CCOC(=O)c1n[nH]nc1-c1ccc(OC)c(S(=O)(=O)O)c1. The first-order chi connectivity index (χ1) is 10.4. The predicted molar refractivity (Wildman–Crippen MR) is 74.1 cm³/mol. The van der Waals surface area contributed by atoms with Gasteiger partial charge in [-0.1, -0.05) is 0 Å². The van der Waals surface area contributed by atoms with E-state index in [1.54, 1.807) is 6.92 Å². The third-order valence-corrected chi connectivity index (χ3v) is 3.61. The first-order valence-electron chi connectivity index (χ1n) is 6.12. The lowest BCUT2D eigenvalue weighted by Gasteiger charge is -2.08. The van der Waals surface area contributed by atoms with Gasteiger partial charge >= 0.3 is 5.97 Å². The fourth-order valence-electron chi connectivity index (χ4n) is 1.80. The number of rotatable bonds is 5. The molecule has 0 fully saturated rings. The third-order valence-electron chi connectivity index (χ3n) is 2.73. The van der Waals surface area contributed by atoms with Crippen LogP contribution in [0.2, 0.25) is 0 Å². The Morgan fingerprint density at radius 1 is 1.36 bits per heavy atom. The zero-order chi connectivity index (χ0) is 16.3. The fraction of sp³-hybridized carbons (Fsp3) is 0.250. The van der Waals surface area contributed by atoms with Crippen molar-refractivity contribution in [3.05, 3.63) is 23.9 Å². The maximum atomic E-state index is 11.8. The number of aromatic nitrogens is 3. The molecule has 22 heavy (non-hydrogen) atoms. The van der Waals surface area contributed by atoms with Gasteiger partial charge in [0.1, 0.15) is 16.3 Å². The van der Waals surface area contributed by atoms with E-state index in [2.05, 4.69) is 15.4 Å². The van der Waals surface area contributed by atoms with Crippen LogP contribution in [-0.4, -0.2) is 48.1 Å². The molecule has 0 saturated carbocycles. The number of carbonyl (C=O) groups excluding carboxylic acids is 1. The summed E-state index contributed by atoms with van der Waals surface area (Å²) in [5.41, 5.74) is 0.268. The normalized spacial score (nSPS) is 11.2. The summed E-state index contributed by atoms with van der Waals surface area (Å²) in [6.45, 7) is 1.80. The molecule has 0 radical (unpaired) electrons. The molecular formula is C12H13N3O6S. The Bertz CT molecular complexity index is 799. The molecule has 2 rings (SSSR count). The van der Waals surface area contributed by atoms with Gasteiger partial charge in [-0.05, 0) is 25.1 Å². The van der Waals surface area contributed by atoms with Crippen LogP contribution in [0.4, 0.5) is 0 Å². The average molecular weight is 327 g/mol. The number of nitrogens with one attached hydrogen (secondary N) is 1. The van der Waals surface area contributed by atoms with Crippen LogP contribution in [0.5, 0.6) is 5.75 Å². The summed E-state index contributed by atoms with van der Waals surface area (Å²) in [6, 6.07) is 3.95. The number of benzene rings is 1. The number of nitrogens with zero attached hydrogens (tertiary/aromatic N) is 2. The first kappa shape index (κ1) is 15.9. The van der Waals surface area contributed by atoms with E-state index in [-0.39, 0.29) is 29.3 Å². The van der Waals surface area contributed by atoms with E-state index >= 15 is 0 Å². The number of carbonyl (C=O) groups is 1. The van der Waals surface area contributed by atoms with E-state index in [0.717, 1.165) is 6.07 Å². The van der Waals surface area contributed by atoms with E-state index in [0.29, 0.717) is 0 Å². The quantitative estimate of drug-likeness (QED) is 0.611. The molecule has 0 unspecified atom stereocenters. The monoisotopic (exact) mass is 327 g/mol. The summed E-state index contributed by atoms with van der Waals surface area (Å²) in [4.78, 5) is 11.3. The molecule has 0 aliphatic rings. The van der Waals surface area contributed by atoms with Gasteiger partial charge in [-0.15, -0.1) is 5.10 Å². The molecular weight excluding hydrogens is 314 g/mol. The van der Waals surface area contributed by atoms with Gasteiger partial charge in [0.2, 0.25) is 0 Å². The zero-order valence-electron chi connectivity index (χ0n) is 11.7. The number of esters is 1. The minimum atomic E-state index is -4.50. The van der Waals surface area contributed by atoms with Crippen LogP contribution < -0.4 is 4.74 Å². The van der Waals surface area contributed by atoms with Gasteiger partial charge < -0.3 is 9.47 Å². The van der Waals surface area contributed by atoms with Crippen molar-refractivity contribution in [3.8, 4) is 17.0 Å². The topological polar surface area (TPSA) is 131 Å². The second-order valence-corrected chi connectivity index (χ2v) is 5.47. The molecule has 1 aromatic heterocycles. The lowest BCUT2D eigenvalue weighted by atomic mass is 10.1. The lowest BCUT2D eigenvalue weighted by Crippen LogP contribution is -2.07. The first-order valence-corrected chi connectivity index (χ1v) is 7.56. The van der Waals surface area contributed by atoms with Crippen LogP contribution in [0.15, 0.2) is 23.1 Å². The maximum absolute atomic E-state index is 11.8. The van der Waals surface area contributed by atoms with Crippen LogP contribution in [-0.2, 0) is 14.9 Å². The number of ether oxygens (including phenoxy) is 2. The van der Waals surface area contributed by atoms with Gasteiger partial charge in [0.25, 0.3) is 10.1 Å². The van der Waals surface area contributed by atoms with E-state index in [1.807, 2.05) is 0 Å². The largest absolute Gasteiger partial charge is 0.495 e. The smallest absolute Gasteiger partial charge is 0.361 e. The summed E-state index contributed by atoms with van der Waals surface area (Å²) in [7, 11) is -3.23. The molecule has 0 aliphatic carbocycles. The zero-order valence-corrected chi connectivity index (χ0v) is 12.5. The highest BCUT2D eigenvalue weighted by Gasteiger charge is 2.23. The fourth-order valence-corrected chi connectivity index (χ4v) is 2.48. The Morgan fingerprint density at radius 3 is 2.68 bits per heavy atom. The second kappa shape index (κ2) is 6.12. The number of H-pyrrole nitrogens is 1. The highest BCUT2D eigenvalue weighted by Crippen LogP contribution is 2.30. The molecule has 0 saturated heterocycles. The highest BCUT2D eigenvalue weighted by atomic mass is 32.2. The molecule has 0 aliphatic heterocycles. The maximum Gasteiger partial charge on any atom is 0.361 e. The number of aromatic amines is 1. The average Bonchev–Trinajstić information content (AvgIpc) is 2.95. The van der Waals surface area contributed by atoms with Crippen LogP contribution in [0.25, 0.3) is 11.3 Å². The van der Waals surface area contributed by atoms with Crippen LogP contribution in [0.1, 0.15) is 17.4 Å². The van der Waals surface area contributed by atoms with E-state index in [1.165, 1.54) is 19.2 Å². The van der Waals surface area contributed by atoms with Gasteiger partial charge in [0.05, 0.1) is 13.7 Å². The van der Waals surface area contributed by atoms with E-state index < -0.39 is 21.0 Å². The molecule has 1 aromatic carbocycles. The van der Waals surface area contributed by atoms with Crippen molar-refractivity contribution in [2.45, 2.75) is 11.8 Å². The molecule has 0 bridgehead atoms. The summed E-state index contributed by atoms with van der Waals surface area (Å²) in [5, 5.41) is 9.78. The lowest BCUT2D eigenvalue weighted by molar-refractivity contribution is 0.0520. The summed E-state index contributed by atoms with van der Waals surface area (Å²) < 4.78 is 41.8. The summed E-state index contributed by atoms with van der Waals surface area (Å²) in [6.07, 6.45) is 0. The highest BCUT2D eigenvalue weighted by molar-refractivity contribution is 7.86. The van der Waals surface area contributed by atoms with Crippen molar-refractivity contribution >= 4 is 16.1 Å². The molecule has 10 heteroatoms. The number of hydrogen-bond donors (Lipinski definition) is 2. The van der Waals surface area contributed by atoms with Crippen molar-refractivity contribution in [2.75, 3.05) is 13.7 Å². The van der Waals surface area contributed by atoms with Crippen LogP contribution in [0, 0.1) is 0 Å². The molecule has 0 spiro atoms. The predicted octanol–water partition coefficient (Wildman–Crippen LogP) is 0.904. The van der Waals surface area contributed by atoms with Crippen LogP contribution >= 0.6 is 0 Å². The standard InChI is InChI=1S/C12H13N3O6S/c1-3-21-12(16)11-10(13-15-14-11)7-4-5-8(20-2)9(6-7)22(17,18)19/h4-6H,3H2,1-2H3,(H,13,14,15)(H,17,18,19). The Kier molecular flexibility index (Phi) is 4.43. The van der Waals surface area contributed by atoms with Crippen molar-refractivity contribution in [3.63, 3.8) is 0 Å². The molecule has 1 heterocycles. The third kappa shape index (κ3) is 3.07. The molecule has 0 amide bonds. The van der Waals surface area contributed by atoms with Crippen LogP contribution in [0.3, 0.4) is 0 Å². The van der Waals surface area contributed by atoms with Crippen molar-refractivity contribution in [1.29, 1.82) is 0 Å².